The zero-order valence-corrected chi connectivity index (χ0v) is 20.5. The number of ether oxygens (including phenoxy) is 1. The standard InChI is InChI=1S/C25H39N3O5/c1-6-17-12-14-18(15-13-17)21(22(30)26-19-10-8-7-9-11-19)28(5)23(31)20(16-29)27-24(32)33-25(2,3)4/h12-15,19-21,29H,6-11,16H2,1-5H3,(H,26,30)(H,27,32). The number of carbonyl (C=O) groups is 3. The van der Waals surface area contributed by atoms with E-state index in [0.29, 0.717) is 5.56 Å². The summed E-state index contributed by atoms with van der Waals surface area (Å²) in [7, 11) is 1.51. The summed E-state index contributed by atoms with van der Waals surface area (Å²) in [5.74, 6) is -0.845. The minimum atomic E-state index is -1.23. The van der Waals surface area contributed by atoms with Gasteiger partial charge in [-0.2, -0.15) is 0 Å². The molecule has 1 aliphatic carbocycles. The SMILES string of the molecule is CCc1ccc(C(C(=O)NC2CCCCC2)N(C)C(=O)C(CO)NC(=O)OC(C)(C)C)cc1. The number of nitrogens with zero attached hydrogens (tertiary/aromatic N) is 1. The summed E-state index contributed by atoms with van der Waals surface area (Å²) in [6, 6.07) is 5.55. The Morgan fingerprint density at radius 1 is 1.12 bits per heavy atom. The molecule has 1 aromatic rings. The first-order chi connectivity index (χ1) is 15.6. The Labute approximate surface area is 197 Å². The van der Waals surface area contributed by atoms with Crippen molar-refractivity contribution in [2.75, 3.05) is 13.7 Å². The van der Waals surface area contributed by atoms with E-state index < -0.39 is 36.3 Å². The van der Waals surface area contributed by atoms with E-state index in [4.69, 9.17) is 4.74 Å². The second kappa shape index (κ2) is 12.0. The third-order valence-electron chi connectivity index (χ3n) is 5.81. The average molecular weight is 462 g/mol. The molecular formula is C25H39N3O5. The Balaban J connectivity index is 2.24. The van der Waals surface area contributed by atoms with E-state index in [1.54, 1.807) is 20.8 Å². The molecule has 2 unspecified atom stereocenters. The molecule has 0 aliphatic heterocycles. The van der Waals surface area contributed by atoms with Crippen molar-refractivity contribution in [1.82, 2.24) is 15.5 Å². The molecule has 0 aromatic heterocycles. The lowest BCUT2D eigenvalue weighted by molar-refractivity contribution is -0.141. The summed E-state index contributed by atoms with van der Waals surface area (Å²) >= 11 is 0. The van der Waals surface area contributed by atoms with Crippen LogP contribution in [0, 0.1) is 0 Å². The highest BCUT2D eigenvalue weighted by Crippen LogP contribution is 2.24. The smallest absolute Gasteiger partial charge is 0.408 e. The van der Waals surface area contributed by atoms with Gasteiger partial charge >= 0.3 is 6.09 Å². The van der Waals surface area contributed by atoms with Crippen LogP contribution >= 0.6 is 0 Å². The number of alkyl carbamates (subject to hydrolysis) is 1. The Kier molecular flexibility index (Phi) is 9.70. The van der Waals surface area contributed by atoms with Crippen LogP contribution in [0.25, 0.3) is 0 Å². The van der Waals surface area contributed by atoms with Gasteiger partial charge in [-0.25, -0.2) is 4.79 Å². The van der Waals surface area contributed by atoms with Crippen LogP contribution in [0.3, 0.4) is 0 Å². The van der Waals surface area contributed by atoms with Crippen LogP contribution in [0.2, 0.25) is 0 Å². The minimum absolute atomic E-state index is 0.0840. The monoisotopic (exact) mass is 461 g/mol. The summed E-state index contributed by atoms with van der Waals surface area (Å²) in [4.78, 5) is 40.0. The highest BCUT2D eigenvalue weighted by Gasteiger charge is 2.34. The van der Waals surface area contributed by atoms with Gasteiger partial charge in [0.2, 0.25) is 11.8 Å². The third-order valence-corrected chi connectivity index (χ3v) is 5.81. The molecule has 1 fully saturated rings. The van der Waals surface area contributed by atoms with Crippen molar-refractivity contribution in [3.8, 4) is 0 Å². The van der Waals surface area contributed by atoms with Crippen molar-refractivity contribution < 1.29 is 24.2 Å². The Morgan fingerprint density at radius 3 is 2.24 bits per heavy atom. The second-order valence-electron chi connectivity index (χ2n) is 9.67. The fraction of sp³-hybridized carbons (Fsp3) is 0.640. The molecule has 33 heavy (non-hydrogen) atoms. The number of hydrogen-bond acceptors (Lipinski definition) is 5. The van der Waals surface area contributed by atoms with Crippen LogP contribution in [0.4, 0.5) is 4.79 Å². The molecule has 3 amide bonds. The molecule has 184 valence electrons. The van der Waals surface area contributed by atoms with Crippen molar-refractivity contribution in [2.24, 2.45) is 0 Å². The molecule has 0 bridgehead atoms. The molecule has 1 aliphatic rings. The number of hydrogen-bond donors (Lipinski definition) is 3. The predicted octanol–water partition coefficient (Wildman–Crippen LogP) is 3.08. The topological polar surface area (TPSA) is 108 Å². The molecular weight excluding hydrogens is 422 g/mol. The number of aliphatic hydroxyl groups is 1. The van der Waals surface area contributed by atoms with Crippen molar-refractivity contribution in [1.29, 1.82) is 0 Å². The highest BCUT2D eigenvalue weighted by molar-refractivity contribution is 5.92. The second-order valence-corrected chi connectivity index (χ2v) is 9.67. The number of carbonyl (C=O) groups excluding carboxylic acids is 3. The van der Waals surface area contributed by atoms with Crippen LogP contribution in [0.5, 0.6) is 0 Å². The van der Waals surface area contributed by atoms with Gasteiger partial charge in [0, 0.05) is 13.1 Å². The van der Waals surface area contributed by atoms with Crippen molar-refractivity contribution in [2.45, 2.75) is 89.9 Å². The molecule has 1 aromatic carbocycles. The molecule has 8 heteroatoms. The lowest BCUT2D eigenvalue weighted by Crippen LogP contribution is -2.53. The van der Waals surface area contributed by atoms with E-state index in [9.17, 15) is 19.5 Å². The third kappa shape index (κ3) is 8.03. The zero-order valence-electron chi connectivity index (χ0n) is 20.5. The molecule has 0 heterocycles. The van der Waals surface area contributed by atoms with E-state index >= 15 is 0 Å². The van der Waals surface area contributed by atoms with E-state index in [1.165, 1.54) is 18.4 Å². The highest BCUT2D eigenvalue weighted by atomic mass is 16.6. The number of rotatable bonds is 8. The van der Waals surface area contributed by atoms with Crippen LogP contribution < -0.4 is 10.6 Å². The summed E-state index contributed by atoms with van der Waals surface area (Å²) in [5.41, 5.74) is 1.05. The van der Waals surface area contributed by atoms with Gasteiger partial charge in [-0.1, -0.05) is 50.5 Å². The average Bonchev–Trinajstić information content (AvgIpc) is 2.77. The van der Waals surface area contributed by atoms with Gasteiger partial charge in [-0.3, -0.25) is 9.59 Å². The maximum absolute atomic E-state index is 13.4. The fourth-order valence-electron chi connectivity index (χ4n) is 4.02. The van der Waals surface area contributed by atoms with Gasteiger partial charge in [0.05, 0.1) is 6.61 Å². The Bertz CT molecular complexity index is 797. The minimum Gasteiger partial charge on any atom is -0.444 e. The molecule has 2 rings (SSSR count). The number of benzene rings is 1. The summed E-state index contributed by atoms with van der Waals surface area (Å²) in [6.45, 7) is 6.56. The maximum Gasteiger partial charge on any atom is 0.408 e. The maximum atomic E-state index is 13.4. The van der Waals surface area contributed by atoms with Gasteiger partial charge in [0.1, 0.15) is 17.7 Å². The summed E-state index contributed by atoms with van der Waals surface area (Å²) < 4.78 is 5.21. The predicted molar refractivity (Wildman–Crippen MR) is 127 cm³/mol. The molecule has 0 saturated heterocycles. The zero-order chi connectivity index (χ0) is 24.6. The first kappa shape index (κ1) is 26.6. The van der Waals surface area contributed by atoms with Crippen LogP contribution in [-0.2, 0) is 20.7 Å². The van der Waals surface area contributed by atoms with Gasteiger partial charge in [0.25, 0.3) is 0 Å². The van der Waals surface area contributed by atoms with E-state index in [1.807, 2.05) is 31.2 Å². The molecule has 2 atom stereocenters. The number of likely N-dealkylation sites (N-methyl/N-ethyl adjacent to an activating group) is 1. The number of aliphatic hydroxyl groups excluding tert-OH is 1. The van der Waals surface area contributed by atoms with E-state index in [-0.39, 0.29) is 11.9 Å². The largest absolute Gasteiger partial charge is 0.444 e. The van der Waals surface area contributed by atoms with Crippen LogP contribution in [0.1, 0.15) is 77.0 Å². The molecule has 1 saturated carbocycles. The Morgan fingerprint density at radius 2 is 1.73 bits per heavy atom. The van der Waals surface area contributed by atoms with Crippen molar-refractivity contribution in [3.63, 3.8) is 0 Å². The molecule has 8 nitrogen and oxygen atoms in total. The first-order valence-corrected chi connectivity index (χ1v) is 11.8. The van der Waals surface area contributed by atoms with Crippen LogP contribution in [-0.4, -0.2) is 59.3 Å². The van der Waals surface area contributed by atoms with Gasteiger partial charge in [0.15, 0.2) is 0 Å². The molecule has 0 spiro atoms. The van der Waals surface area contributed by atoms with Crippen molar-refractivity contribution >= 4 is 17.9 Å². The summed E-state index contributed by atoms with van der Waals surface area (Å²) in [5, 5.41) is 15.3. The van der Waals surface area contributed by atoms with Gasteiger partial charge in [-0.05, 0) is 51.2 Å². The van der Waals surface area contributed by atoms with Gasteiger partial charge < -0.3 is 25.4 Å². The summed E-state index contributed by atoms with van der Waals surface area (Å²) in [6.07, 6.45) is 5.21. The molecule has 3 N–H and O–H groups in total. The normalized spacial score (nSPS) is 16.4. The van der Waals surface area contributed by atoms with Crippen molar-refractivity contribution in [3.05, 3.63) is 35.4 Å². The van der Waals surface area contributed by atoms with E-state index in [2.05, 4.69) is 10.6 Å². The number of amides is 3. The van der Waals surface area contributed by atoms with Crippen LogP contribution in [0.15, 0.2) is 24.3 Å². The lowest BCUT2D eigenvalue weighted by Gasteiger charge is -2.33. The quantitative estimate of drug-likeness (QED) is 0.551. The Hall–Kier alpha value is -2.61. The molecule has 0 radical (unpaired) electrons. The number of aryl methyl sites for hydroxylation is 1. The lowest BCUT2D eigenvalue weighted by atomic mass is 9.94. The van der Waals surface area contributed by atoms with Gasteiger partial charge in [-0.15, -0.1) is 0 Å². The number of nitrogens with one attached hydrogen (secondary N) is 2. The van der Waals surface area contributed by atoms with E-state index in [0.717, 1.165) is 37.7 Å². The fourth-order valence-corrected chi connectivity index (χ4v) is 4.02. The first-order valence-electron chi connectivity index (χ1n) is 11.8.